The molecule has 0 aliphatic rings. The zero-order chi connectivity index (χ0) is 21.8. The maximum Gasteiger partial charge on any atom is 0.277 e. The number of carbonyl (C=O) groups excluding carboxylic acids is 1. The Kier molecular flexibility index (Phi) is 6.74. The molecule has 7 nitrogen and oxygen atoms in total. The molecule has 4 rings (SSSR count). The van der Waals surface area contributed by atoms with Crippen LogP contribution in [-0.4, -0.2) is 25.5 Å². The standard InChI is InChI=1S/C21H16Br2ClN5O2/c22-15-5-7-16(8-6-15)31-13-28-10-9-19(26-28)21(30)25-20-17(23)12-29(27-20)11-14-3-1-2-4-18(14)24/h1-10,12H,11,13H2,(H,25,27,30). The number of nitrogens with zero attached hydrogens (tertiary/aromatic N) is 4. The highest BCUT2D eigenvalue weighted by atomic mass is 79.9. The number of carbonyl (C=O) groups is 1. The number of nitrogens with one attached hydrogen (secondary N) is 1. The van der Waals surface area contributed by atoms with Crippen molar-refractivity contribution in [2.24, 2.45) is 0 Å². The van der Waals surface area contributed by atoms with E-state index in [4.69, 9.17) is 16.3 Å². The summed E-state index contributed by atoms with van der Waals surface area (Å²) < 4.78 is 10.5. The van der Waals surface area contributed by atoms with Crippen molar-refractivity contribution in [3.8, 4) is 5.75 Å². The van der Waals surface area contributed by atoms with E-state index in [0.717, 1.165) is 10.0 Å². The number of hydrogen-bond acceptors (Lipinski definition) is 4. The molecule has 0 unspecified atom stereocenters. The molecule has 2 heterocycles. The number of benzene rings is 2. The second kappa shape index (κ2) is 9.67. The predicted molar refractivity (Wildman–Crippen MR) is 125 cm³/mol. The van der Waals surface area contributed by atoms with E-state index in [0.29, 0.717) is 27.6 Å². The van der Waals surface area contributed by atoms with Gasteiger partial charge in [-0.3, -0.25) is 9.48 Å². The molecule has 2 aromatic carbocycles. The van der Waals surface area contributed by atoms with Crippen LogP contribution < -0.4 is 10.1 Å². The molecule has 158 valence electrons. The lowest BCUT2D eigenvalue weighted by Gasteiger charge is -2.06. The molecule has 0 radical (unpaired) electrons. The van der Waals surface area contributed by atoms with E-state index in [-0.39, 0.29) is 18.3 Å². The van der Waals surface area contributed by atoms with E-state index >= 15 is 0 Å². The molecular weight excluding hydrogens is 550 g/mol. The molecule has 10 heteroatoms. The molecule has 31 heavy (non-hydrogen) atoms. The summed E-state index contributed by atoms with van der Waals surface area (Å²) in [6, 6.07) is 16.6. The first-order valence-corrected chi connectivity index (χ1v) is 11.1. The molecule has 0 spiro atoms. The second-order valence-electron chi connectivity index (χ2n) is 6.54. The van der Waals surface area contributed by atoms with Gasteiger partial charge in [0, 0.05) is 21.9 Å². The summed E-state index contributed by atoms with van der Waals surface area (Å²) in [6.45, 7) is 0.668. The highest BCUT2D eigenvalue weighted by Crippen LogP contribution is 2.23. The van der Waals surface area contributed by atoms with Crippen molar-refractivity contribution in [2.75, 3.05) is 5.32 Å². The molecular formula is C21H16Br2ClN5O2. The third-order valence-corrected chi connectivity index (χ3v) is 5.77. The highest BCUT2D eigenvalue weighted by Gasteiger charge is 2.15. The van der Waals surface area contributed by atoms with Gasteiger partial charge in [0.15, 0.2) is 18.2 Å². The smallest absolute Gasteiger partial charge is 0.277 e. The lowest BCUT2D eigenvalue weighted by atomic mass is 10.2. The Hall–Kier alpha value is -2.62. The highest BCUT2D eigenvalue weighted by molar-refractivity contribution is 9.10. The largest absolute Gasteiger partial charge is 0.471 e. The number of halogens is 3. The summed E-state index contributed by atoms with van der Waals surface area (Å²) in [5.41, 5.74) is 1.19. The first kappa shape index (κ1) is 21.6. The van der Waals surface area contributed by atoms with Crippen LogP contribution in [0.25, 0.3) is 0 Å². The molecule has 1 N–H and O–H groups in total. The molecule has 0 saturated heterocycles. The first-order valence-electron chi connectivity index (χ1n) is 9.17. The van der Waals surface area contributed by atoms with Gasteiger partial charge < -0.3 is 10.1 Å². The number of ether oxygens (including phenoxy) is 1. The van der Waals surface area contributed by atoms with Gasteiger partial charge in [0.05, 0.1) is 11.0 Å². The number of amides is 1. The first-order chi connectivity index (χ1) is 15.0. The summed E-state index contributed by atoms with van der Waals surface area (Å²) >= 11 is 13.0. The van der Waals surface area contributed by atoms with Crippen LogP contribution in [0.15, 0.2) is 75.9 Å². The normalized spacial score (nSPS) is 10.8. The van der Waals surface area contributed by atoms with Crippen molar-refractivity contribution in [3.63, 3.8) is 0 Å². The Labute approximate surface area is 200 Å². The molecule has 0 saturated carbocycles. The van der Waals surface area contributed by atoms with E-state index in [1.54, 1.807) is 27.8 Å². The van der Waals surface area contributed by atoms with E-state index in [2.05, 4.69) is 47.4 Å². The lowest BCUT2D eigenvalue weighted by molar-refractivity contribution is 0.101. The molecule has 0 fully saturated rings. The molecule has 0 aliphatic carbocycles. The van der Waals surface area contributed by atoms with Crippen molar-refractivity contribution in [1.82, 2.24) is 19.6 Å². The maximum absolute atomic E-state index is 12.6. The number of aromatic nitrogens is 4. The Morgan fingerprint density at radius 2 is 1.81 bits per heavy atom. The van der Waals surface area contributed by atoms with E-state index < -0.39 is 0 Å². The topological polar surface area (TPSA) is 74.0 Å². The fourth-order valence-electron chi connectivity index (χ4n) is 2.76. The van der Waals surface area contributed by atoms with Crippen LogP contribution in [0.1, 0.15) is 16.1 Å². The van der Waals surface area contributed by atoms with E-state index in [1.165, 1.54) is 0 Å². The summed E-state index contributed by atoms with van der Waals surface area (Å²) in [4.78, 5) is 12.6. The van der Waals surface area contributed by atoms with Crippen molar-refractivity contribution in [1.29, 1.82) is 0 Å². The van der Waals surface area contributed by atoms with E-state index in [9.17, 15) is 4.79 Å². The van der Waals surface area contributed by atoms with Crippen molar-refractivity contribution < 1.29 is 9.53 Å². The summed E-state index contributed by atoms with van der Waals surface area (Å²) in [6.07, 6.45) is 3.46. The zero-order valence-electron chi connectivity index (χ0n) is 16.0. The Bertz CT molecular complexity index is 1210. The van der Waals surface area contributed by atoms with Crippen LogP contribution in [0, 0.1) is 0 Å². The fourth-order valence-corrected chi connectivity index (χ4v) is 3.64. The molecule has 1 amide bonds. The Morgan fingerprint density at radius 1 is 1.03 bits per heavy atom. The minimum absolute atomic E-state index is 0.186. The van der Waals surface area contributed by atoms with Crippen LogP contribution in [-0.2, 0) is 13.3 Å². The molecule has 0 bridgehead atoms. The minimum Gasteiger partial charge on any atom is -0.471 e. The summed E-state index contributed by atoms with van der Waals surface area (Å²) in [7, 11) is 0. The molecule has 2 aromatic heterocycles. The van der Waals surface area contributed by atoms with Crippen LogP contribution in [0.3, 0.4) is 0 Å². The van der Waals surface area contributed by atoms with Gasteiger partial charge in [-0.1, -0.05) is 45.7 Å². The van der Waals surface area contributed by atoms with Gasteiger partial charge in [-0.2, -0.15) is 10.2 Å². The SMILES string of the molecule is O=C(Nc1nn(Cc2ccccc2Cl)cc1Br)c1ccn(COc2ccc(Br)cc2)n1. The van der Waals surface area contributed by atoms with Crippen molar-refractivity contribution in [3.05, 3.63) is 92.2 Å². The van der Waals surface area contributed by atoms with Crippen molar-refractivity contribution >= 4 is 55.2 Å². The minimum atomic E-state index is -0.369. The van der Waals surface area contributed by atoms with Crippen LogP contribution >= 0.6 is 43.5 Å². The maximum atomic E-state index is 12.6. The van der Waals surface area contributed by atoms with Gasteiger partial charge in [-0.25, -0.2) is 4.68 Å². The van der Waals surface area contributed by atoms with Gasteiger partial charge in [0.2, 0.25) is 0 Å². The Morgan fingerprint density at radius 3 is 2.58 bits per heavy atom. The third kappa shape index (κ3) is 5.55. The zero-order valence-corrected chi connectivity index (χ0v) is 19.9. The number of hydrogen-bond donors (Lipinski definition) is 1. The van der Waals surface area contributed by atoms with Crippen molar-refractivity contribution in [2.45, 2.75) is 13.3 Å². The number of anilines is 1. The summed E-state index contributed by atoms with van der Waals surface area (Å²) in [5, 5.41) is 12.1. The lowest BCUT2D eigenvalue weighted by Crippen LogP contribution is -2.15. The third-order valence-electron chi connectivity index (χ3n) is 4.29. The van der Waals surface area contributed by atoms with Crippen LogP contribution in [0.2, 0.25) is 5.02 Å². The summed E-state index contributed by atoms with van der Waals surface area (Å²) in [5.74, 6) is 0.737. The quantitative estimate of drug-likeness (QED) is 0.317. The Balaban J connectivity index is 1.38. The van der Waals surface area contributed by atoms with E-state index in [1.807, 2.05) is 48.5 Å². The van der Waals surface area contributed by atoms with Gasteiger partial charge in [-0.15, -0.1) is 0 Å². The van der Waals surface area contributed by atoms with Gasteiger partial charge in [0.1, 0.15) is 5.75 Å². The predicted octanol–water partition coefficient (Wildman–Crippen LogP) is 5.60. The van der Waals surface area contributed by atoms with Gasteiger partial charge in [-0.05, 0) is 57.9 Å². The van der Waals surface area contributed by atoms with Gasteiger partial charge in [0.25, 0.3) is 5.91 Å². The molecule has 4 aromatic rings. The average molecular weight is 566 g/mol. The molecule has 0 aliphatic heterocycles. The number of rotatable bonds is 7. The average Bonchev–Trinajstić information content (AvgIpc) is 3.36. The van der Waals surface area contributed by atoms with Crippen LogP contribution in [0.5, 0.6) is 5.75 Å². The fraction of sp³-hybridized carbons (Fsp3) is 0.0952. The monoisotopic (exact) mass is 563 g/mol. The van der Waals surface area contributed by atoms with Crippen LogP contribution in [0.4, 0.5) is 5.82 Å². The molecule has 0 atom stereocenters. The van der Waals surface area contributed by atoms with Gasteiger partial charge >= 0.3 is 0 Å². The second-order valence-corrected chi connectivity index (χ2v) is 8.71.